The van der Waals surface area contributed by atoms with E-state index in [2.05, 4.69) is 15.8 Å². The van der Waals surface area contributed by atoms with E-state index in [1.807, 2.05) is 50.2 Å². The normalized spacial score (nSPS) is 11.0. The van der Waals surface area contributed by atoms with Crippen molar-refractivity contribution in [3.8, 4) is 0 Å². The Bertz CT molecular complexity index is 694. The van der Waals surface area contributed by atoms with Gasteiger partial charge in [0.25, 0.3) is 0 Å². The van der Waals surface area contributed by atoms with Crippen LogP contribution in [0.3, 0.4) is 0 Å². The van der Waals surface area contributed by atoms with Crippen molar-refractivity contribution in [2.75, 3.05) is 24.3 Å². The van der Waals surface area contributed by atoms with Crippen LogP contribution >= 0.6 is 12.2 Å². The Hall–Kier alpha value is -2.47. The van der Waals surface area contributed by atoms with Crippen LogP contribution in [0.1, 0.15) is 12.5 Å². The molecular weight excluding hydrogens is 311 g/mol. The first-order valence-corrected chi connectivity index (χ1v) is 7.51. The van der Waals surface area contributed by atoms with Crippen LogP contribution in [0.2, 0.25) is 0 Å². The summed E-state index contributed by atoms with van der Waals surface area (Å²) in [5.74, 6) is -0.288. The summed E-state index contributed by atoms with van der Waals surface area (Å²) in [5, 5.41) is 7.55. The van der Waals surface area contributed by atoms with Crippen LogP contribution < -0.4 is 15.6 Å². The molecule has 0 spiro atoms. The highest BCUT2D eigenvalue weighted by molar-refractivity contribution is 7.80. The molecule has 120 valence electrons. The molecule has 6 heteroatoms. The fourth-order valence-electron chi connectivity index (χ4n) is 1.89. The standard InChI is InChI=1S/C17H19FN4S/c1-12(13-4-10-16(11-5-13)22(2)3)20-21-17(23)19-15-8-6-14(18)7-9-15/h4-11H,1-3H3,(H2,19,21,23)/b20-12-. The Labute approximate surface area is 141 Å². The van der Waals surface area contributed by atoms with Crippen LogP contribution in [0.15, 0.2) is 53.6 Å². The minimum atomic E-state index is -0.288. The van der Waals surface area contributed by atoms with Gasteiger partial charge >= 0.3 is 0 Å². The molecule has 0 aromatic heterocycles. The van der Waals surface area contributed by atoms with Crippen LogP contribution in [-0.2, 0) is 0 Å². The molecule has 0 atom stereocenters. The third-order valence-corrected chi connectivity index (χ3v) is 3.42. The van der Waals surface area contributed by atoms with Gasteiger partial charge in [0.2, 0.25) is 0 Å². The summed E-state index contributed by atoms with van der Waals surface area (Å²) in [4.78, 5) is 2.04. The molecule has 2 N–H and O–H groups in total. The van der Waals surface area contributed by atoms with Gasteiger partial charge in [0.05, 0.1) is 5.71 Å². The van der Waals surface area contributed by atoms with Crippen LogP contribution in [0, 0.1) is 5.82 Å². The van der Waals surface area contributed by atoms with Gasteiger partial charge in [-0.25, -0.2) is 4.39 Å². The molecular formula is C17H19FN4S. The molecule has 0 fully saturated rings. The van der Waals surface area contributed by atoms with E-state index in [9.17, 15) is 4.39 Å². The van der Waals surface area contributed by atoms with E-state index in [1.165, 1.54) is 12.1 Å². The molecule has 4 nitrogen and oxygen atoms in total. The van der Waals surface area contributed by atoms with Crippen LogP contribution in [0.5, 0.6) is 0 Å². The van der Waals surface area contributed by atoms with Crippen molar-refractivity contribution in [3.63, 3.8) is 0 Å². The average molecular weight is 330 g/mol. The molecule has 2 aromatic rings. The summed E-state index contributed by atoms with van der Waals surface area (Å²) in [5.41, 5.74) is 6.44. The summed E-state index contributed by atoms with van der Waals surface area (Å²) in [6.07, 6.45) is 0. The van der Waals surface area contributed by atoms with Gasteiger partial charge in [-0.2, -0.15) is 5.10 Å². The van der Waals surface area contributed by atoms with Gasteiger partial charge in [-0.15, -0.1) is 0 Å². The number of hydrogen-bond donors (Lipinski definition) is 2. The summed E-state index contributed by atoms with van der Waals surface area (Å²) in [7, 11) is 3.99. The highest BCUT2D eigenvalue weighted by Crippen LogP contribution is 2.13. The number of halogens is 1. The minimum absolute atomic E-state index is 0.288. The predicted octanol–water partition coefficient (Wildman–Crippen LogP) is 3.60. The Morgan fingerprint density at radius 3 is 2.22 bits per heavy atom. The number of rotatable bonds is 4. The maximum atomic E-state index is 12.8. The monoisotopic (exact) mass is 330 g/mol. The Kier molecular flexibility index (Phi) is 5.65. The summed E-state index contributed by atoms with van der Waals surface area (Å²) >= 11 is 5.16. The van der Waals surface area contributed by atoms with Gasteiger partial charge in [0.15, 0.2) is 5.11 Å². The topological polar surface area (TPSA) is 39.7 Å². The quantitative estimate of drug-likeness (QED) is 0.510. The molecule has 23 heavy (non-hydrogen) atoms. The van der Waals surface area contributed by atoms with E-state index >= 15 is 0 Å². The first kappa shape index (κ1) is 16.9. The Morgan fingerprint density at radius 2 is 1.65 bits per heavy atom. The molecule has 0 unspecified atom stereocenters. The number of thiocarbonyl (C=S) groups is 1. The summed E-state index contributed by atoms with van der Waals surface area (Å²) in [6, 6.07) is 14.0. The number of anilines is 2. The summed E-state index contributed by atoms with van der Waals surface area (Å²) < 4.78 is 12.8. The van der Waals surface area contributed by atoms with Gasteiger partial charge in [-0.3, -0.25) is 5.43 Å². The van der Waals surface area contributed by atoms with Crippen molar-refractivity contribution in [3.05, 3.63) is 59.9 Å². The lowest BCUT2D eigenvalue weighted by molar-refractivity contribution is 0.628. The van der Waals surface area contributed by atoms with Crippen molar-refractivity contribution >= 4 is 34.4 Å². The Morgan fingerprint density at radius 1 is 1.04 bits per heavy atom. The lowest BCUT2D eigenvalue weighted by Crippen LogP contribution is -2.24. The molecule has 0 radical (unpaired) electrons. The largest absolute Gasteiger partial charge is 0.378 e. The third kappa shape index (κ3) is 5.03. The number of benzene rings is 2. The zero-order chi connectivity index (χ0) is 16.8. The second kappa shape index (κ2) is 7.69. The molecule has 2 rings (SSSR count). The van der Waals surface area contributed by atoms with Crippen LogP contribution in [0.25, 0.3) is 0 Å². The van der Waals surface area contributed by atoms with E-state index in [4.69, 9.17) is 12.2 Å². The fraction of sp³-hybridized carbons (Fsp3) is 0.176. The van der Waals surface area contributed by atoms with Crippen LogP contribution in [0.4, 0.5) is 15.8 Å². The van der Waals surface area contributed by atoms with E-state index in [0.29, 0.717) is 10.8 Å². The molecule has 0 aliphatic rings. The van der Waals surface area contributed by atoms with Crippen molar-refractivity contribution in [1.82, 2.24) is 5.43 Å². The zero-order valence-electron chi connectivity index (χ0n) is 13.3. The maximum Gasteiger partial charge on any atom is 0.191 e. The second-order valence-electron chi connectivity index (χ2n) is 5.21. The maximum absolute atomic E-state index is 12.8. The van der Waals surface area contributed by atoms with Gasteiger partial charge in [0.1, 0.15) is 5.82 Å². The number of hydrogen-bond acceptors (Lipinski definition) is 3. The zero-order valence-corrected chi connectivity index (χ0v) is 14.1. The first-order valence-electron chi connectivity index (χ1n) is 7.10. The molecule has 2 aromatic carbocycles. The fourth-order valence-corrected chi connectivity index (χ4v) is 2.06. The molecule has 0 amide bonds. The van der Waals surface area contributed by atoms with Crippen molar-refractivity contribution in [2.45, 2.75) is 6.92 Å². The van der Waals surface area contributed by atoms with Crippen molar-refractivity contribution < 1.29 is 4.39 Å². The average Bonchev–Trinajstić information content (AvgIpc) is 2.55. The molecule has 0 aliphatic carbocycles. The number of nitrogens with one attached hydrogen (secondary N) is 2. The molecule has 0 saturated heterocycles. The minimum Gasteiger partial charge on any atom is -0.378 e. The van der Waals surface area contributed by atoms with Gasteiger partial charge < -0.3 is 10.2 Å². The van der Waals surface area contributed by atoms with Crippen molar-refractivity contribution in [2.24, 2.45) is 5.10 Å². The lowest BCUT2D eigenvalue weighted by Gasteiger charge is -2.12. The van der Waals surface area contributed by atoms with E-state index in [0.717, 1.165) is 17.0 Å². The lowest BCUT2D eigenvalue weighted by atomic mass is 10.1. The van der Waals surface area contributed by atoms with E-state index < -0.39 is 0 Å². The SMILES string of the molecule is C/C(=N/NC(=S)Nc1ccc(F)cc1)c1ccc(N(C)C)cc1. The Balaban J connectivity index is 1.95. The molecule has 0 saturated carbocycles. The highest BCUT2D eigenvalue weighted by Gasteiger charge is 2.01. The van der Waals surface area contributed by atoms with E-state index in [1.54, 1.807) is 12.1 Å². The summed E-state index contributed by atoms with van der Waals surface area (Å²) in [6.45, 7) is 1.90. The molecule has 0 aliphatic heterocycles. The molecule has 0 heterocycles. The van der Waals surface area contributed by atoms with Gasteiger partial charge in [-0.1, -0.05) is 12.1 Å². The highest BCUT2D eigenvalue weighted by atomic mass is 32.1. The predicted molar refractivity (Wildman–Crippen MR) is 98.7 cm³/mol. The molecule has 0 bridgehead atoms. The number of nitrogens with zero attached hydrogens (tertiary/aromatic N) is 2. The van der Waals surface area contributed by atoms with Crippen molar-refractivity contribution in [1.29, 1.82) is 0 Å². The second-order valence-corrected chi connectivity index (χ2v) is 5.62. The van der Waals surface area contributed by atoms with Gasteiger partial charge in [0, 0.05) is 25.5 Å². The van der Waals surface area contributed by atoms with Gasteiger partial charge in [-0.05, 0) is 61.1 Å². The smallest absolute Gasteiger partial charge is 0.191 e. The third-order valence-electron chi connectivity index (χ3n) is 3.23. The first-order chi connectivity index (χ1) is 11.0. The number of hydrazone groups is 1. The van der Waals surface area contributed by atoms with Crippen LogP contribution in [-0.4, -0.2) is 24.9 Å². The van der Waals surface area contributed by atoms with E-state index in [-0.39, 0.29) is 5.82 Å².